The van der Waals surface area contributed by atoms with Gasteiger partial charge in [0.1, 0.15) is 0 Å². The van der Waals surface area contributed by atoms with Crippen LogP contribution in [0.25, 0.3) is 11.1 Å². The number of carbonyl (C=O) groups excluding carboxylic acids is 1. The summed E-state index contributed by atoms with van der Waals surface area (Å²) < 4.78 is 6.64. The van der Waals surface area contributed by atoms with Gasteiger partial charge in [-0.2, -0.15) is 5.10 Å². The van der Waals surface area contributed by atoms with E-state index in [9.17, 15) is 4.79 Å². The Bertz CT molecular complexity index is 578. The predicted octanol–water partition coefficient (Wildman–Crippen LogP) is 2.92. The molecule has 0 saturated carbocycles. The van der Waals surface area contributed by atoms with Crippen molar-refractivity contribution in [3.05, 3.63) is 41.2 Å². The number of rotatable bonds is 3. The summed E-state index contributed by atoms with van der Waals surface area (Å²) in [5.41, 5.74) is 2.13. The molecule has 1 aromatic heterocycles. The van der Waals surface area contributed by atoms with Gasteiger partial charge in [-0.1, -0.05) is 11.6 Å². The number of hydrogen-bond acceptors (Lipinski definition) is 3. The van der Waals surface area contributed by atoms with E-state index in [2.05, 4.69) is 5.10 Å². The second-order valence-corrected chi connectivity index (χ2v) is 4.22. The SMILES string of the molecule is CCOC(=O)c1ccc(Cl)c(-c2cnn(C)c2)c1. The van der Waals surface area contributed by atoms with Crippen LogP contribution in [0.4, 0.5) is 0 Å². The van der Waals surface area contributed by atoms with E-state index >= 15 is 0 Å². The highest BCUT2D eigenvalue weighted by molar-refractivity contribution is 6.33. The molecule has 0 bridgehead atoms. The molecule has 0 radical (unpaired) electrons. The lowest BCUT2D eigenvalue weighted by atomic mass is 10.1. The third-order valence-corrected chi connectivity index (χ3v) is 2.82. The zero-order valence-electron chi connectivity index (χ0n) is 10.2. The molecule has 0 unspecified atom stereocenters. The summed E-state index contributed by atoms with van der Waals surface area (Å²) >= 11 is 6.13. The molecule has 1 aromatic carbocycles. The largest absolute Gasteiger partial charge is 0.462 e. The topological polar surface area (TPSA) is 44.1 Å². The molecule has 2 rings (SSSR count). The standard InChI is InChI=1S/C13H13ClN2O2/c1-3-18-13(17)9-4-5-12(14)11(6-9)10-7-15-16(2)8-10/h4-8H,3H2,1-2H3. The molecule has 0 aliphatic carbocycles. The maximum absolute atomic E-state index is 11.7. The molecule has 0 spiro atoms. The quantitative estimate of drug-likeness (QED) is 0.801. The molecule has 94 valence electrons. The van der Waals surface area contributed by atoms with E-state index in [0.717, 1.165) is 11.1 Å². The van der Waals surface area contributed by atoms with Crippen LogP contribution >= 0.6 is 11.6 Å². The number of aromatic nitrogens is 2. The molecule has 0 saturated heterocycles. The minimum Gasteiger partial charge on any atom is -0.462 e. The van der Waals surface area contributed by atoms with Crippen molar-refractivity contribution in [2.24, 2.45) is 7.05 Å². The molecule has 0 N–H and O–H groups in total. The molecule has 0 aliphatic heterocycles. The van der Waals surface area contributed by atoms with E-state index < -0.39 is 0 Å². The van der Waals surface area contributed by atoms with Crippen molar-refractivity contribution < 1.29 is 9.53 Å². The van der Waals surface area contributed by atoms with Crippen molar-refractivity contribution in [3.8, 4) is 11.1 Å². The highest BCUT2D eigenvalue weighted by atomic mass is 35.5. The van der Waals surface area contributed by atoms with Gasteiger partial charge in [0.2, 0.25) is 0 Å². The molecule has 18 heavy (non-hydrogen) atoms. The third kappa shape index (κ3) is 2.54. The molecule has 1 heterocycles. The number of benzene rings is 1. The molecular formula is C13H13ClN2O2. The van der Waals surface area contributed by atoms with E-state index in [4.69, 9.17) is 16.3 Å². The van der Waals surface area contributed by atoms with Gasteiger partial charge in [0.05, 0.1) is 18.4 Å². The van der Waals surface area contributed by atoms with Crippen molar-refractivity contribution in [2.45, 2.75) is 6.92 Å². The van der Waals surface area contributed by atoms with Gasteiger partial charge in [0.25, 0.3) is 0 Å². The molecule has 5 heteroatoms. The van der Waals surface area contributed by atoms with Crippen LogP contribution in [0.2, 0.25) is 5.02 Å². The van der Waals surface area contributed by atoms with Crippen molar-refractivity contribution >= 4 is 17.6 Å². The predicted molar refractivity (Wildman–Crippen MR) is 69.6 cm³/mol. The Morgan fingerprint density at radius 3 is 2.89 bits per heavy atom. The summed E-state index contributed by atoms with van der Waals surface area (Å²) in [5, 5.41) is 4.67. The lowest BCUT2D eigenvalue weighted by molar-refractivity contribution is 0.0526. The Balaban J connectivity index is 2.41. The molecule has 0 aliphatic rings. The lowest BCUT2D eigenvalue weighted by Gasteiger charge is -2.05. The van der Waals surface area contributed by atoms with Gasteiger partial charge >= 0.3 is 5.97 Å². The van der Waals surface area contributed by atoms with E-state index in [1.807, 2.05) is 13.2 Å². The van der Waals surface area contributed by atoms with Crippen molar-refractivity contribution in [2.75, 3.05) is 6.61 Å². The number of nitrogens with zero attached hydrogens (tertiary/aromatic N) is 2. The van der Waals surface area contributed by atoms with Crippen LogP contribution in [0.5, 0.6) is 0 Å². The average molecular weight is 265 g/mol. The summed E-state index contributed by atoms with van der Waals surface area (Å²) in [5.74, 6) is -0.348. The maximum atomic E-state index is 11.7. The van der Waals surface area contributed by atoms with E-state index in [0.29, 0.717) is 17.2 Å². The summed E-state index contributed by atoms with van der Waals surface area (Å²) in [4.78, 5) is 11.7. The Morgan fingerprint density at radius 2 is 2.28 bits per heavy atom. The van der Waals surface area contributed by atoms with Gasteiger partial charge in [-0.25, -0.2) is 4.79 Å². The van der Waals surface area contributed by atoms with Crippen LogP contribution in [0.3, 0.4) is 0 Å². The monoisotopic (exact) mass is 264 g/mol. The third-order valence-electron chi connectivity index (χ3n) is 2.49. The zero-order chi connectivity index (χ0) is 13.1. The minimum atomic E-state index is -0.348. The highest BCUT2D eigenvalue weighted by Crippen LogP contribution is 2.28. The molecular weight excluding hydrogens is 252 g/mol. The summed E-state index contributed by atoms with van der Waals surface area (Å²) in [6.45, 7) is 2.12. The summed E-state index contributed by atoms with van der Waals surface area (Å²) in [6, 6.07) is 5.06. The van der Waals surface area contributed by atoms with Gasteiger partial charge in [-0.05, 0) is 25.1 Å². The van der Waals surface area contributed by atoms with Gasteiger partial charge < -0.3 is 4.74 Å². The average Bonchev–Trinajstić information content (AvgIpc) is 2.76. The van der Waals surface area contributed by atoms with Crippen LogP contribution in [-0.2, 0) is 11.8 Å². The molecule has 0 atom stereocenters. The first kappa shape index (κ1) is 12.6. The Hall–Kier alpha value is -1.81. The number of hydrogen-bond donors (Lipinski definition) is 0. The summed E-state index contributed by atoms with van der Waals surface area (Å²) in [6.07, 6.45) is 3.55. The van der Waals surface area contributed by atoms with E-state index in [1.54, 1.807) is 36.0 Å². The Morgan fingerprint density at radius 1 is 1.50 bits per heavy atom. The second-order valence-electron chi connectivity index (χ2n) is 3.82. The summed E-state index contributed by atoms with van der Waals surface area (Å²) in [7, 11) is 1.83. The normalized spacial score (nSPS) is 10.4. The van der Waals surface area contributed by atoms with Crippen molar-refractivity contribution in [1.29, 1.82) is 0 Å². The van der Waals surface area contributed by atoms with Gasteiger partial charge in [0.15, 0.2) is 0 Å². The van der Waals surface area contributed by atoms with Crippen LogP contribution in [-0.4, -0.2) is 22.4 Å². The number of halogens is 1. The first-order valence-corrected chi connectivity index (χ1v) is 5.95. The fraction of sp³-hybridized carbons (Fsp3) is 0.231. The number of carbonyl (C=O) groups is 1. The van der Waals surface area contributed by atoms with Crippen LogP contribution < -0.4 is 0 Å². The van der Waals surface area contributed by atoms with Crippen LogP contribution in [0.1, 0.15) is 17.3 Å². The fourth-order valence-corrected chi connectivity index (χ4v) is 1.87. The van der Waals surface area contributed by atoms with E-state index in [-0.39, 0.29) is 5.97 Å². The Kier molecular flexibility index (Phi) is 3.67. The number of ether oxygens (including phenoxy) is 1. The number of aryl methyl sites for hydroxylation is 1. The molecule has 4 nitrogen and oxygen atoms in total. The fourth-order valence-electron chi connectivity index (χ4n) is 1.65. The number of esters is 1. The zero-order valence-corrected chi connectivity index (χ0v) is 10.9. The van der Waals surface area contributed by atoms with Gasteiger partial charge in [0, 0.05) is 29.4 Å². The van der Waals surface area contributed by atoms with Gasteiger partial charge in [-0.3, -0.25) is 4.68 Å². The lowest BCUT2D eigenvalue weighted by Crippen LogP contribution is -2.04. The molecule has 0 fully saturated rings. The highest BCUT2D eigenvalue weighted by Gasteiger charge is 2.11. The van der Waals surface area contributed by atoms with Gasteiger partial charge in [-0.15, -0.1) is 0 Å². The maximum Gasteiger partial charge on any atom is 0.338 e. The van der Waals surface area contributed by atoms with Crippen LogP contribution in [0, 0.1) is 0 Å². The van der Waals surface area contributed by atoms with Crippen molar-refractivity contribution in [3.63, 3.8) is 0 Å². The minimum absolute atomic E-state index is 0.348. The second kappa shape index (κ2) is 5.23. The van der Waals surface area contributed by atoms with Crippen LogP contribution in [0.15, 0.2) is 30.6 Å². The first-order chi connectivity index (χ1) is 8.61. The van der Waals surface area contributed by atoms with E-state index in [1.165, 1.54) is 0 Å². The first-order valence-electron chi connectivity index (χ1n) is 5.57. The van der Waals surface area contributed by atoms with Crippen molar-refractivity contribution in [1.82, 2.24) is 9.78 Å². The molecule has 2 aromatic rings. The Labute approximate surface area is 110 Å². The molecule has 0 amide bonds. The smallest absolute Gasteiger partial charge is 0.338 e.